The summed E-state index contributed by atoms with van der Waals surface area (Å²) in [5, 5.41) is 2.86. The first-order valence-electron chi connectivity index (χ1n) is 7.66. The van der Waals surface area contributed by atoms with Crippen molar-refractivity contribution in [2.24, 2.45) is 5.92 Å². The van der Waals surface area contributed by atoms with Crippen molar-refractivity contribution >= 4 is 15.9 Å². The highest BCUT2D eigenvalue weighted by Crippen LogP contribution is 2.19. The van der Waals surface area contributed by atoms with Crippen LogP contribution in [0.4, 0.5) is 0 Å². The number of hydrogen-bond acceptors (Lipinski definition) is 5. The smallest absolute Gasteiger partial charge is 0.224 e. The number of sulfonamides is 1. The molecule has 1 aliphatic rings. The van der Waals surface area contributed by atoms with E-state index in [1.807, 2.05) is 12.1 Å². The summed E-state index contributed by atoms with van der Waals surface area (Å²) < 4.78 is 30.6. The molecule has 1 N–H and O–H groups in total. The number of piperidine rings is 1. The molecule has 1 aliphatic heterocycles. The van der Waals surface area contributed by atoms with E-state index in [4.69, 9.17) is 4.74 Å². The monoisotopic (exact) mass is 341 g/mol. The molecule has 1 aromatic heterocycles. The number of aromatic nitrogens is 1. The minimum atomic E-state index is -3.36. The summed E-state index contributed by atoms with van der Waals surface area (Å²) in [6.45, 7) is 1.28. The molecule has 2 rings (SSSR count). The van der Waals surface area contributed by atoms with Gasteiger partial charge in [0.25, 0.3) is 0 Å². The molecule has 0 bridgehead atoms. The Hall–Kier alpha value is -1.51. The van der Waals surface area contributed by atoms with Crippen LogP contribution >= 0.6 is 0 Å². The van der Waals surface area contributed by atoms with E-state index >= 15 is 0 Å². The molecule has 0 saturated carbocycles. The fourth-order valence-electron chi connectivity index (χ4n) is 2.56. The third-order valence-corrected chi connectivity index (χ3v) is 5.68. The van der Waals surface area contributed by atoms with Gasteiger partial charge in [0.05, 0.1) is 18.3 Å². The molecule has 7 nitrogen and oxygen atoms in total. The summed E-state index contributed by atoms with van der Waals surface area (Å²) in [7, 11) is -1.89. The molecule has 0 aromatic carbocycles. The molecule has 1 saturated heterocycles. The third kappa shape index (κ3) is 5.26. The van der Waals surface area contributed by atoms with E-state index in [1.165, 1.54) is 11.4 Å². The van der Waals surface area contributed by atoms with Crippen molar-refractivity contribution in [3.05, 3.63) is 30.1 Å². The number of ether oxygens (including phenoxy) is 1. The van der Waals surface area contributed by atoms with Crippen molar-refractivity contribution in [1.29, 1.82) is 0 Å². The Bertz CT molecular complexity index is 606. The molecule has 1 atom stereocenters. The van der Waals surface area contributed by atoms with Gasteiger partial charge in [0.2, 0.25) is 15.9 Å². The van der Waals surface area contributed by atoms with Crippen LogP contribution in [-0.2, 0) is 26.1 Å². The fraction of sp³-hybridized carbons (Fsp3) is 0.600. The first-order chi connectivity index (χ1) is 11.0. The topological polar surface area (TPSA) is 88.6 Å². The Morgan fingerprint density at radius 1 is 1.52 bits per heavy atom. The van der Waals surface area contributed by atoms with Crippen LogP contribution in [0.25, 0.3) is 0 Å². The summed E-state index contributed by atoms with van der Waals surface area (Å²) in [6, 6.07) is 3.70. The average molecular weight is 341 g/mol. The van der Waals surface area contributed by atoms with E-state index in [-0.39, 0.29) is 30.7 Å². The van der Waals surface area contributed by atoms with Gasteiger partial charge < -0.3 is 10.1 Å². The van der Waals surface area contributed by atoms with E-state index in [9.17, 15) is 13.2 Å². The Balaban J connectivity index is 1.88. The van der Waals surface area contributed by atoms with Gasteiger partial charge in [-0.05, 0) is 24.5 Å². The van der Waals surface area contributed by atoms with Gasteiger partial charge in [0, 0.05) is 39.1 Å². The molecule has 0 aliphatic carbocycles. The molecule has 1 fully saturated rings. The Kier molecular flexibility index (Phi) is 6.49. The molecular formula is C15H23N3O4S. The van der Waals surface area contributed by atoms with E-state index in [1.54, 1.807) is 12.4 Å². The van der Waals surface area contributed by atoms with Crippen LogP contribution in [0.2, 0.25) is 0 Å². The van der Waals surface area contributed by atoms with Crippen LogP contribution in [-0.4, -0.2) is 56.2 Å². The molecule has 1 aromatic rings. The zero-order chi connectivity index (χ0) is 16.7. The van der Waals surface area contributed by atoms with Gasteiger partial charge in [-0.25, -0.2) is 12.7 Å². The lowest BCUT2D eigenvalue weighted by molar-refractivity contribution is -0.126. The SMILES string of the molecule is COCCS(=O)(=O)N1CCCC(C(=O)NCc2cccnc2)C1. The molecule has 128 valence electrons. The van der Waals surface area contributed by atoms with Crippen molar-refractivity contribution in [2.45, 2.75) is 19.4 Å². The number of carbonyl (C=O) groups excluding carboxylic acids is 1. The lowest BCUT2D eigenvalue weighted by Crippen LogP contribution is -2.46. The lowest BCUT2D eigenvalue weighted by Gasteiger charge is -2.31. The van der Waals surface area contributed by atoms with Crippen LogP contribution in [0, 0.1) is 5.92 Å². The van der Waals surface area contributed by atoms with Crippen LogP contribution in [0.1, 0.15) is 18.4 Å². The standard InChI is InChI=1S/C15H23N3O4S/c1-22-8-9-23(20,21)18-7-3-5-14(12-18)15(19)17-11-13-4-2-6-16-10-13/h2,4,6,10,14H,3,5,7-9,11-12H2,1H3,(H,17,19). The minimum absolute atomic E-state index is 0.0481. The molecule has 1 amide bonds. The van der Waals surface area contributed by atoms with Crippen LogP contribution in [0.5, 0.6) is 0 Å². The molecule has 0 spiro atoms. The van der Waals surface area contributed by atoms with Crippen molar-refractivity contribution in [3.63, 3.8) is 0 Å². The predicted octanol–water partition coefficient (Wildman–Crippen LogP) is 0.386. The van der Waals surface area contributed by atoms with E-state index in [2.05, 4.69) is 10.3 Å². The summed E-state index contributed by atoms with van der Waals surface area (Å²) in [4.78, 5) is 16.3. The molecule has 1 unspecified atom stereocenters. The molecule has 23 heavy (non-hydrogen) atoms. The van der Waals surface area contributed by atoms with E-state index in [0.717, 1.165) is 5.56 Å². The zero-order valence-electron chi connectivity index (χ0n) is 13.3. The molecule has 2 heterocycles. The van der Waals surface area contributed by atoms with Gasteiger partial charge in [-0.3, -0.25) is 9.78 Å². The average Bonchev–Trinajstić information content (AvgIpc) is 2.59. The number of methoxy groups -OCH3 is 1. The second kappa shape index (κ2) is 8.37. The summed E-state index contributed by atoms with van der Waals surface area (Å²) >= 11 is 0. The Labute approximate surface area is 137 Å². The van der Waals surface area contributed by atoms with Gasteiger partial charge in [-0.1, -0.05) is 6.07 Å². The lowest BCUT2D eigenvalue weighted by atomic mass is 9.99. The van der Waals surface area contributed by atoms with Gasteiger partial charge in [-0.15, -0.1) is 0 Å². The second-order valence-electron chi connectivity index (χ2n) is 5.59. The van der Waals surface area contributed by atoms with Crippen molar-refractivity contribution in [3.8, 4) is 0 Å². The van der Waals surface area contributed by atoms with E-state index < -0.39 is 10.0 Å². The summed E-state index contributed by atoms with van der Waals surface area (Å²) in [5.41, 5.74) is 0.918. The highest BCUT2D eigenvalue weighted by atomic mass is 32.2. The maximum Gasteiger partial charge on any atom is 0.224 e. The highest BCUT2D eigenvalue weighted by molar-refractivity contribution is 7.89. The van der Waals surface area contributed by atoms with Crippen LogP contribution in [0.3, 0.4) is 0 Å². The normalized spacial score (nSPS) is 19.4. The van der Waals surface area contributed by atoms with E-state index in [0.29, 0.717) is 25.9 Å². The van der Waals surface area contributed by atoms with Gasteiger partial charge in [-0.2, -0.15) is 0 Å². The number of hydrogen-bond donors (Lipinski definition) is 1. The number of nitrogens with zero attached hydrogens (tertiary/aromatic N) is 2. The quantitative estimate of drug-likeness (QED) is 0.775. The van der Waals surface area contributed by atoms with Gasteiger partial charge >= 0.3 is 0 Å². The number of pyridine rings is 1. The van der Waals surface area contributed by atoms with Gasteiger partial charge in [0.1, 0.15) is 0 Å². The molecule has 8 heteroatoms. The fourth-order valence-corrected chi connectivity index (χ4v) is 4.01. The third-order valence-electron chi connectivity index (χ3n) is 3.88. The van der Waals surface area contributed by atoms with Crippen LogP contribution in [0.15, 0.2) is 24.5 Å². The number of carbonyl (C=O) groups is 1. The predicted molar refractivity (Wildman–Crippen MR) is 86.0 cm³/mol. The zero-order valence-corrected chi connectivity index (χ0v) is 14.1. The molecular weight excluding hydrogens is 318 g/mol. The van der Waals surface area contributed by atoms with Crippen molar-refractivity contribution in [1.82, 2.24) is 14.6 Å². The first kappa shape index (κ1) is 17.8. The first-order valence-corrected chi connectivity index (χ1v) is 9.27. The second-order valence-corrected chi connectivity index (χ2v) is 7.67. The van der Waals surface area contributed by atoms with Crippen LogP contribution < -0.4 is 5.32 Å². The summed E-state index contributed by atoms with van der Waals surface area (Å²) in [5.74, 6) is -0.466. The largest absolute Gasteiger partial charge is 0.384 e. The molecule has 0 radical (unpaired) electrons. The van der Waals surface area contributed by atoms with Gasteiger partial charge in [0.15, 0.2) is 0 Å². The number of nitrogens with one attached hydrogen (secondary N) is 1. The Morgan fingerprint density at radius 3 is 3.04 bits per heavy atom. The van der Waals surface area contributed by atoms with Crippen molar-refractivity contribution < 1.29 is 17.9 Å². The number of amides is 1. The summed E-state index contributed by atoms with van der Waals surface area (Å²) in [6.07, 6.45) is 4.77. The highest BCUT2D eigenvalue weighted by Gasteiger charge is 2.31. The number of rotatable bonds is 7. The minimum Gasteiger partial charge on any atom is -0.384 e. The van der Waals surface area contributed by atoms with Crippen molar-refractivity contribution in [2.75, 3.05) is 32.6 Å². The Morgan fingerprint density at radius 2 is 2.35 bits per heavy atom. The maximum absolute atomic E-state index is 12.3. The maximum atomic E-state index is 12.3.